The van der Waals surface area contributed by atoms with Gasteiger partial charge in [-0.25, -0.2) is 0 Å². The molecule has 1 aliphatic rings. The smallest absolute Gasteiger partial charge is 0.0504 e. The molecule has 5 nitrogen and oxygen atoms in total. The quantitative estimate of drug-likeness (QED) is 0.350. The Kier molecular flexibility index (Phi) is 10.3. The maximum Gasteiger partial charge on any atom is 0.0504 e. The molecule has 1 rings (SSSR count). The van der Waals surface area contributed by atoms with Crippen LogP contribution in [0, 0.1) is 0 Å². The molecule has 0 amide bonds. The fraction of sp³-hybridized carbons (Fsp3) is 0.455. The van der Waals surface area contributed by atoms with E-state index in [1.54, 1.807) is 0 Å². The van der Waals surface area contributed by atoms with Crippen molar-refractivity contribution in [3.8, 4) is 0 Å². The second-order valence-corrected chi connectivity index (χ2v) is 7.05. The average Bonchev–Trinajstić information content (AvgIpc) is 2.62. The summed E-state index contributed by atoms with van der Waals surface area (Å²) < 4.78 is 0. The van der Waals surface area contributed by atoms with Gasteiger partial charge in [-0.1, -0.05) is 42.5 Å². The maximum atomic E-state index is 6.17. The van der Waals surface area contributed by atoms with E-state index in [2.05, 4.69) is 48.5 Å². The van der Waals surface area contributed by atoms with E-state index in [-0.39, 0.29) is 12.1 Å². The second kappa shape index (κ2) is 12.2. The molecule has 3 unspecified atom stereocenters. The lowest BCUT2D eigenvalue weighted by Crippen LogP contribution is -2.39. The number of nitrogens with two attached hydrogens (primary N) is 3. The molecule has 0 aliphatic carbocycles. The molecule has 1 aliphatic heterocycles. The minimum absolute atomic E-state index is 0.0140. The summed E-state index contributed by atoms with van der Waals surface area (Å²) >= 11 is 0. The molecule has 7 N–H and O–H groups in total. The first-order chi connectivity index (χ1) is 12.8. The maximum absolute atomic E-state index is 6.17. The van der Waals surface area contributed by atoms with Crippen molar-refractivity contribution in [3.63, 3.8) is 0 Å². The van der Waals surface area contributed by atoms with E-state index in [0.717, 1.165) is 24.2 Å². The van der Waals surface area contributed by atoms with Crippen molar-refractivity contribution < 1.29 is 0 Å². The van der Waals surface area contributed by atoms with Crippen molar-refractivity contribution in [3.05, 3.63) is 71.8 Å². The minimum atomic E-state index is -0.0140. The van der Waals surface area contributed by atoms with Gasteiger partial charge in [0.05, 0.1) is 6.04 Å². The third kappa shape index (κ3) is 8.80. The lowest BCUT2D eigenvalue weighted by atomic mass is 10.0. The van der Waals surface area contributed by atoms with E-state index >= 15 is 0 Å². The van der Waals surface area contributed by atoms with Crippen LogP contribution < -0.4 is 22.5 Å². The van der Waals surface area contributed by atoms with Crippen molar-refractivity contribution in [1.29, 1.82) is 0 Å². The third-order valence-electron chi connectivity index (χ3n) is 4.64. The Morgan fingerprint density at radius 1 is 1.30 bits per heavy atom. The van der Waals surface area contributed by atoms with Crippen LogP contribution in [0.4, 0.5) is 0 Å². The Morgan fingerprint density at radius 2 is 2.04 bits per heavy atom. The molecule has 150 valence electrons. The third-order valence-corrected chi connectivity index (χ3v) is 4.64. The predicted molar refractivity (Wildman–Crippen MR) is 118 cm³/mol. The van der Waals surface area contributed by atoms with Crippen LogP contribution in [-0.2, 0) is 0 Å². The summed E-state index contributed by atoms with van der Waals surface area (Å²) in [6, 6.07) is 0.640. The summed E-state index contributed by atoms with van der Waals surface area (Å²) in [5, 5.41) is 3.39. The molecule has 0 saturated heterocycles. The molecule has 0 bridgehead atoms. The zero-order valence-electron chi connectivity index (χ0n) is 17.2. The first kappa shape index (κ1) is 22.8. The lowest BCUT2D eigenvalue weighted by molar-refractivity contribution is 0.330. The Balaban J connectivity index is 2.49. The van der Waals surface area contributed by atoms with Gasteiger partial charge in [0.2, 0.25) is 0 Å². The average molecular weight is 372 g/mol. The molecule has 0 fully saturated rings. The Morgan fingerprint density at radius 3 is 2.70 bits per heavy atom. The van der Waals surface area contributed by atoms with Crippen molar-refractivity contribution in [2.45, 2.75) is 51.2 Å². The van der Waals surface area contributed by atoms with E-state index in [4.69, 9.17) is 17.2 Å². The highest BCUT2D eigenvalue weighted by molar-refractivity contribution is 5.25. The van der Waals surface area contributed by atoms with Crippen molar-refractivity contribution >= 4 is 0 Å². The largest absolute Gasteiger partial charge is 0.402 e. The van der Waals surface area contributed by atoms with Gasteiger partial charge in [0.15, 0.2) is 0 Å². The van der Waals surface area contributed by atoms with Crippen LogP contribution in [0.3, 0.4) is 0 Å². The molecule has 3 atom stereocenters. The van der Waals surface area contributed by atoms with E-state index in [9.17, 15) is 0 Å². The molecule has 0 aromatic heterocycles. The fourth-order valence-corrected chi connectivity index (χ4v) is 2.81. The van der Waals surface area contributed by atoms with Gasteiger partial charge in [-0.3, -0.25) is 0 Å². The van der Waals surface area contributed by atoms with Gasteiger partial charge in [0.25, 0.3) is 0 Å². The SMILES string of the molecule is CNC(C/C=C(\N)C/C=C\C(N)C/C=C\C=C(\C)N)C1=CC=CC(C)N1C. The normalized spacial score (nSPS) is 21.1. The van der Waals surface area contributed by atoms with E-state index in [1.165, 1.54) is 5.70 Å². The Hall–Kier alpha value is -2.24. The zero-order valence-corrected chi connectivity index (χ0v) is 17.2. The van der Waals surface area contributed by atoms with Gasteiger partial charge in [-0.05, 0) is 45.9 Å². The molecule has 5 heteroatoms. The van der Waals surface area contributed by atoms with Crippen molar-refractivity contribution in [1.82, 2.24) is 10.2 Å². The van der Waals surface area contributed by atoms with Crippen LogP contribution in [0.1, 0.15) is 33.1 Å². The predicted octanol–water partition coefficient (Wildman–Crippen LogP) is 2.66. The number of nitrogens with zero attached hydrogens (tertiary/aromatic N) is 1. The van der Waals surface area contributed by atoms with Gasteiger partial charge >= 0.3 is 0 Å². The summed E-state index contributed by atoms with van der Waals surface area (Å²) in [6.07, 6.45) is 20.8. The van der Waals surface area contributed by atoms with Crippen LogP contribution in [0.2, 0.25) is 0 Å². The first-order valence-electron chi connectivity index (χ1n) is 9.59. The van der Waals surface area contributed by atoms with Crippen LogP contribution in [-0.4, -0.2) is 37.1 Å². The molecular weight excluding hydrogens is 334 g/mol. The molecule has 27 heavy (non-hydrogen) atoms. The number of allylic oxidation sites excluding steroid dienone is 6. The summed E-state index contributed by atoms with van der Waals surface area (Å²) in [6.45, 7) is 4.05. The number of likely N-dealkylation sites (N-methyl/N-ethyl adjacent to an activating group) is 2. The summed E-state index contributed by atoms with van der Waals surface area (Å²) in [5.74, 6) is 0. The van der Waals surface area contributed by atoms with E-state index < -0.39 is 0 Å². The summed E-state index contributed by atoms with van der Waals surface area (Å²) in [7, 11) is 4.11. The molecule has 0 aromatic rings. The number of nitrogens with one attached hydrogen (secondary N) is 1. The number of hydrogen-bond donors (Lipinski definition) is 4. The van der Waals surface area contributed by atoms with Gasteiger partial charge in [-0.2, -0.15) is 0 Å². The summed E-state index contributed by atoms with van der Waals surface area (Å²) in [5.41, 5.74) is 20.7. The Labute approximate surface area is 165 Å². The highest BCUT2D eigenvalue weighted by Crippen LogP contribution is 2.19. The van der Waals surface area contributed by atoms with E-state index in [1.807, 2.05) is 44.4 Å². The summed E-state index contributed by atoms with van der Waals surface area (Å²) in [4.78, 5) is 2.29. The van der Waals surface area contributed by atoms with Gasteiger partial charge in [0, 0.05) is 42.6 Å². The van der Waals surface area contributed by atoms with Crippen LogP contribution >= 0.6 is 0 Å². The minimum Gasteiger partial charge on any atom is -0.402 e. The molecule has 0 radical (unpaired) electrons. The molecular formula is C22H37N5. The topological polar surface area (TPSA) is 93.3 Å². The Bertz CT molecular complexity index is 621. The monoisotopic (exact) mass is 371 g/mol. The van der Waals surface area contributed by atoms with Gasteiger partial charge in [0.1, 0.15) is 0 Å². The highest BCUT2D eigenvalue weighted by atomic mass is 15.2. The fourth-order valence-electron chi connectivity index (χ4n) is 2.81. The van der Waals surface area contributed by atoms with Gasteiger partial charge < -0.3 is 27.4 Å². The van der Waals surface area contributed by atoms with Crippen LogP contribution in [0.15, 0.2) is 71.8 Å². The second-order valence-electron chi connectivity index (χ2n) is 7.05. The molecule has 0 spiro atoms. The number of rotatable bonds is 10. The van der Waals surface area contributed by atoms with E-state index in [0.29, 0.717) is 12.5 Å². The molecule has 0 saturated carbocycles. The highest BCUT2D eigenvalue weighted by Gasteiger charge is 2.19. The standard InChI is InChI=1S/C22H37N5/c1-17(23)9-5-6-11-19(24)12-8-13-20(25)15-16-21(26-3)22-14-7-10-18(2)27(22)4/h5-10,12,14-15,18-19,21,26H,11,13,16,23-25H2,1-4H3/b6-5-,12-8-,17-9-,20-15-. The zero-order chi connectivity index (χ0) is 20.2. The van der Waals surface area contributed by atoms with Crippen LogP contribution in [0.5, 0.6) is 0 Å². The van der Waals surface area contributed by atoms with Crippen molar-refractivity contribution in [2.24, 2.45) is 17.2 Å². The lowest BCUT2D eigenvalue weighted by Gasteiger charge is -2.34. The molecule has 1 heterocycles. The van der Waals surface area contributed by atoms with Crippen LogP contribution in [0.25, 0.3) is 0 Å². The molecule has 0 aromatic carbocycles. The van der Waals surface area contributed by atoms with Gasteiger partial charge in [-0.15, -0.1) is 0 Å². The van der Waals surface area contributed by atoms with Crippen molar-refractivity contribution in [2.75, 3.05) is 14.1 Å². The number of hydrogen-bond acceptors (Lipinski definition) is 5. The first-order valence-corrected chi connectivity index (χ1v) is 9.59.